The van der Waals surface area contributed by atoms with Crippen molar-refractivity contribution in [3.8, 4) is 0 Å². The normalized spacial score (nSPS) is 10.5. The van der Waals surface area contributed by atoms with Crippen LogP contribution in [0, 0.1) is 0 Å². The van der Waals surface area contributed by atoms with E-state index in [1.165, 1.54) is 5.56 Å². The zero-order chi connectivity index (χ0) is 7.61. The Balaban J connectivity index is 0. The molecule has 0 spiro atoms. The van der Waals surface area contributed by atoms with Crippen LogP contribution in [0.3, 0.4) is 0 Å². The summed E-state index contributed by atoms with van der Waals surface area (Å²) in [6, 6.07) is 10.6. The molecular weight excluding hydrogens is 159 g/mol. The summed E-state index contributed by atoms with van der Waals surface area (Å²) >= 11 is 0. The first-order valence-corrected chi connectivity index (χ1v) is 3.66. The fourth-order valence-electron chi connectivity index (χ4n) is 0.938. The molecule has 0 aromatic heterocycles. The van der Waals surface area contributed by atoms with E-state index in [2.05, 4.69) is 51.1 Å². The molecule has 0 atom stereocenters. The Morgan fingerprint density at radius 1 is 1.00 bits per heavy atom. The van der Waals surface area contributed by atoms with Crippen molar-refractivity contribution in [1.82, 2.24) is 0 Å². The van der Waals surface area contributed by atoms with E-state index in [0.717, 1.165) is 0 Å². The van der Waals surface area contributed by atoms with Gasteiger partial charge in [-0.3, -0.25) is 0 Å². The summed E-state index contributed by atoms with van der Waals surface area (Å²) < 4.78 is 0. The molecular formula is C10H15K. The minimum atomic E-state index is 0. The van der Waals surface area contributed by atoms with Crippen molar-refractivity contribution in [2.75, 3.05) is 0 Å². The van der Waals surface area contributed by atoms with Crippen molar-refractivity contribution < 1.29 is 52.8 Å². The van der Waals surface area contributed by atoms with Crippen LogP contribution >= 0.6 is 0 Å². The molecule has 0 unspecified atom stereocenters. The second-order valence-corrected chi connectivity index (χ2v) is 3.62. The van der Waals surface area contributed by atoms with Gasteiger partial charge in [0.05, 0.1) is 0 Å². The summed E-state index contributed by atoms with van der Waals surface area (Å²) in [6.07, 6.45) is 0. The third kappa shape index (κ3) is 3.86. The van der Waals surface area contributed by atoms with Gasteiger partial charge in [0.2, 0.25) is 0 Å². The minimum Gasteiger partial charge on any atom is -1.00 e. The predicted octanol–water partition coefficient (Wildman–Crippen LogP) is 0.101. The smallest absolute Gasteiger partial charge is 1.00 e. The predicted molar refractivity (Wildman–Crippen MR) is 46.3 cm³/mol. The Hall–Kier alpha value is 0.856. The summed E-state index contributed by atoms with van der Waals surface area (Å²) in [6.45, 7) is 6.67. The van der Waals surface area contributed by atoms with Gasteiger partial charge in [-0.05, 0) is 11.0 Å². The molecule has 56 valence electrons. The molecule has 0 radical (unpaired) electrons. The van der Waals surface area contributed by atoms with Gasteiger partial charge < -0.3 is 1.43 Å². The zero-order valence-electron chi connectivity index (χ0n) is 8.89. The van der Waals surface area contributed by atoms with E-state index in [1.54, 1.807) is 0 Å². The van der Waals surface area contributed by atoms with Crippen molar-refractivity contribution in [2.24, 2.45) is 0 Å². The van der Waals surface area contributed by atoms with Gasteiger partial charge in [-0.1, -0.05) is 51.1 Å². The quantitative estimate of drug-likeness (QED) is 0.489. The van der Waals surface area contributed by atoms with Crippen LogP contribution in [0.1, 0.15) is 27.8 Å². The summed E-state index contributed by atoms with van der Waals surface area (Å²) in [5.74, 6) is 0. The third-order valence-corrected chi connectivity index (χ3v) is 1.64. The first-order chi connectivity index (χ1) is 4.61. The Labute approximate surface area is 113 Å². The topological polar surface area (TPSA) is 0 Å². The molecule has 1 heteroatoms. The molecule has 1 aromatic carbocycles. The van der Waals surface area contributed by atoms with Gasteiger partial charge in [0.1, 0.15) is 0 Å². The first kappa shape index (κ1) is 11.9. The molecule has 0 nitrogen and oxygen atoms in total. The molecule has 1 aromatic rings. The molecule has 0 aliphatic rings. The molecule has 11 heavy (non-hydrogen) atoms. The van der Waals surface area contributed by atoms with Crippen LogP contribution in [0.2, 0.25) is 0 Å². The molecule has 0 heterocycles. The monoisotopic (exact) mass is 174 g/mol. The van der Waals surface area contributed by atoms with Gasteiger partial charge in [-0.15, -0.1) is 0 Å². The van der Waals surface area contributed by atoms with Crippen molar-refractivity contribution in [2.45, 2.75) is 26.2 Å². The van der Waals surface area contributed by atoms with Crippen LogP contribution in [-0.4, -0.2) is 0 Å². The van der Waals surface area contributed by atoms with Crippen LogP contribution in [0.4, 0.5) is 0 Å². The van der Waals surface area contributed by atoms with Gasteiger partial charge >= 0.3 is 51.4 Å². The number of rotatable bonds is 0. The van der Waals surface area contributed by atoms with Gasteiger partial charge in [-0.2, -0.15) is 0 Å². The zero-order valence-corrected chi connectivity index (χ0v) is 11.0. The summed E-state index contributed by atoms with van der Waals surface area (Å²) in [5.41, 5.74) is 1.69. The van der Waals surface area contributed by atoms with Crippen LogP contribution in [0.25, 0.3) is 0 Å². The molecule has 0 aliphatic carbocycles. The maximum Gasteiger partial charge on any atom is 1.00 e. The SMILES string of the molecule is CC(C)(C)c1ccccc1.[H-].[K+]. The Bertz CT molecular complexity index is 201. The minimum absolute atomic E-state index is 0. The van der Waals surface area contributed by atoms with Gasteiger partial charge in [0.15, 0.2) is 0 Å². The van der Waals surface area contributed by atoms with Crippen molar-refractivity contribution in [3.63, 3.8) is 0 Å². The number of hydrogen-bond donors (Lipinski definition) is 0. The van der Waals surface area contributed by atoms with Crippen LogP contribution in [0.5, 0.6) is 0 Å². The van der Waals surface area contributed by atoms with Gasteiger partial charge in [-0.25, -0.2) is 0 Å². The summed E-state index contributed by atoms with van der Waals surface area (Å²) in [5, 5.41) is 0. The van der Waals surface area contributed by atoms with E-state index in [-0.39, 0.29) is 52.8 Å². The fraction of sp³-hybridized carbons (Fsp3) is 0.400. The third-order valence-electron chi connectivity index (χ3n) is 1.64. The van der Waals surface area contributed by atoms with Gasteiger partial charge in [0, 0.05) is 0 Å². The maximum absolute atomic E-state index is 2.22. The first-order valence-electron chi connectivity index (χ1n) is 3.66. The van der Waals surface area contributed by atoms with E-state index < -0.39 is 0 Å². The second kappa shape index (κ2) is 4.78. The molecule has 0 bridgehead atoms. The summed E-state index contributed by atoms with van der Waals surface area (Å²) in [7, 11) is 0. The largest absolute Gasteiger partial charge is 1.00 e. The molecule has 1 rings (SSSR count). The Morgan fingerprint density at radius 3 is 1.73 bits per heavy atom. The molecule has 0 fully saturated rings. The molecule has 0 saturated carbocycles. The fourth-order valence-corrected chi connectivity index (χ4v) is 0.938. The van der Waals surface area contributed by atoms with Crippen molar-refractivity contribution in [3.05, 3.63) is 35.9 Å². The average molecular weight is 174 g/mol. The molecule has 0 amide bonds. The van der Waals surface area contributed by atoms with Crippen molar-refractivity contribution >= 4 is 0 Å². The molecule has 0 aliphatic heterocycles. The Morgan fingerprint density at radius 2 is 1.45 bits per heavy atom. The molecule has 0 N–H and O–H groups in total. The van der Waals surface area contributed by atoms with Crippen LogP contribution in [-0.2, 0) is 5.41 Å². The molecule has 0 saturated heterocycles. The number of hydrogen-bond acceptors (Lipinski definition) is 0. The van der Waals surface area contributed by atoms with E-state index in [4.69, 9.17) is 0 Å². The van der Waals surface area contributed by atoms with E-state index in [9.17, 15) is 0 Å². The number of benzene rings is 1. The van der Waals surface area contributed by atoms with E-state index >= 15 is 0 Å². The maximum atomic E-state index is 2.22. The van der Waals surface area contributed by atoms with Crippen molar-refractivity contribution in [1.29, 1.82) is 0 Å². The van der Waals surface area contributed by atoms with E-state index in [0.29, 0.717) is 5.41 Å². The Kier molecular flexibility index (Phi) is 5.15. The van der Waals surface area contributed by atoms with E-state index in [1.807, 2.05) is 0 Å². The van der Waals surface area contributed by atoms with Crippen LogP contribution < -0.4 is 51.4 Å². The average Bonchev–Trinajstić information content (AvgIpc) is 1.88. The standard InChI is InChI=1S/C10H14.K.H/c1-10(2,3)9-7-5-4-6-8-9;;/h4-8H,1-3H3;;/q;+1;-1. The second-order valence-electron chi connectivity index (χ2n) is 3.62. The van der Waals surface area contributed by atoms with Crippen LogP contribution in [0.15, 0.2) is 30.3 Å². The summed E-state index contributed by atoms with van der Waals surface area (Å²) in [4.78, 5) is 0. The van der Waals surface area contributed by atoms with Gasteiger partial charge in [0.25, 0.3) is 0 Å².